The van der Waals surface area contributed by atoms with Crippen LogP contribution in [0.1, 0.15) is 35.0 Å². The van der Waals surface area contributed by atoms with E-state index in [0.29, 0.717) is 32.2 Å². The summed E-state index contributed by atoms with van der Waals surface area (Å²) >= 11 is 2.88. The van der Waals surface area contributed by atoms with Crippen LogP contribution in [0.2, 0.25) is 0 Å². The van der Waals surface area contributed by atoms with Crippen LogP contribution in [-0.4, -0.2) is 56.4 Å². The Kier molecular flexibility index (Phi) is 7.61. The first-order valence-electron chi connectivity index (χ1n) is 9.56. The summed E-state index contributed by atoms with van der Waals surface area (Å²) in [5, 5.41) is 4.41. The van der Waals surface area contributed by atoms with Gasteiger partial charge in [0, 0.05) is 24.6 Å². The molecule has 1 fully saturated rings. The molecule has 2 heterocycles. The van der Waals surface area contributed by atoms with Gasteiger partial charge < -0.3 is 10.1 Å². The van der Waals surface area contributed by atoms with E-state index in [4.69, 9.17) is 4.74 Å². The van der Waals surface area contributed by atoms with Gasteiger partial charge in [0.2, 0.25) is 10.0 Å². The van der Waals surface area contributed by atoms with Gasteiger partial charge in [-0.1, -0.05) is 26.0 Å². The molecule has 3 rings (SSSR count). The van der Waals surface area contributed by atoms with Gasteiger partial charge in [0.25, 0.3) is 5.91 Å². The molecule has 1 aromatic carbocycles. The van der Waals surface area contributed by atoms with Crippen LogP contribution in [0.3, 0.4) is 0 Å². The molecule has 158 valence electrons. The molecule has 1 N–H and O–H groups in total. The molecule has 1 amide bonds. The average molecular weight is 455 g/mol. The third kappa shape index (κ3) is 5.53. The Labute approximate surface area is 180 Å². The molecule has 0 radical (unpaired) electrons. The van der Waals surface area contributed by atoms with Crippen LogP contribution in [0.5, 0.6) is 5.75 Å². The number of hydrogen-bond donors (Lipinski definition) is 1. The zero-order valence-electron chi connectivity index (χ0n) is 16.6. The molecule has 29 heavy (non-hydrogen) atoms. The Hall–Kier alpha value is -1.55. The number of thiophene rings is 1. The minimum Gasteiger partial charge on any atom is -0.492 e. The highest BCUT2D eigenvalue weighted by atomic mass is 32.2. The number of amides is 1. The summed E-state index contributed by atoms with van der Waals surface area (Å²) in [5.41, 5.74) is 1.24. The molecule has 1 aliphatic heterocycles. The van der Waals surface area contributed by atoms with Gasteiger partial charge in [-0.2, -0.15) is 16.1 Å². The largest absolute Gasteiger partial charge is 0.492 e. The van der Waals surface area contributed by atoms with Crippen molar-refractivity contribution in [3.05, 3.63) is 46.2 Å². The van der Waals surface area contributed by atoms with Gasteiger partial charge in [0.05, 0.1) is 6.54 Å². The van der Waals surface area contributed by atoms with Crippen LogP contribution in [0.25, 0.3) is 0 Å². The number of sulfonamides is 1. The van der Waals surface area contributed by atoms with Crippen molar-refractivity contribution in [1.29, 1.82) is 0 Å². The Balaban J connectivity index is 1.54. The second kappa shape index (κ2) is 9.97. The Morgan fingerprint density at radius 3 is 2.52 bits per heavy atom. The summed E-state index contributed by atoms with van der Waals surface area (Å²) in [6, 6.07) is 9.40. The minimum absolute atomic E-state index is 0.0945. The van der Waals surface area contributed by atoms with Gasteiger partial charge >= 0.3 is 0 Å². The molecule has 0 unspecified atom stereocenters. The SMILES string of the molecule is CC(C)c1ccc(OCCNC(=O)c2sccc2S(=O)(=O)N2CCSCC2)cc1. The van der Waals surface area contributed by atoms with Crippen molar-refractivity contribution in [1.82, 2.24) is 9.62 Å². The molecule has 1 aromatic heterocycles. The lowest BCUT2D eigenvalue weighted by Crippen LogP contribution is -2.38. The molecule has 2 aromatic rings. The smallest absolute Gasteiger partial charge is 0.262 e. The van der Waals surface area contributed by atoms with Crippen LogP contribution in [-0.2, 0) is 10.0 Å². The van der Waals surface area contributed by atoms with Crippen molar-refractivity contribution in [3.8, 4) is 5.75 Å². The van der Waals surface area contributed by atoms with Crippen LogP contribution in [0.4, 0.5) is 0 Å². The summed E-state index contributed by atoms with van der Waals surface area (Å²) < 4.78 is 32.9. The van der Waals surface area contributed by atoms with Crippen LogP contribution in [0.15, 0.2) is 40.6 Å². The van der Waals surface area contributed by atoms with Crippen LogP contribution < -0.4 is 10.1 Å². The molecule has 6 nitrogen and oxygen atoms in total. The maximum absolute atomic E-state index is 12.9. The maximum atomic E-state index is 12.9. The fourth-order valence-electron chi connectivity index (χ4n) is 2.95. The fourth-order valence-corrected chi connectivity index (χ4v) is 6.85. The van der Waals surface area contributed by atoms with E-state index in [0.717, 1.165) is 28.6 Å². The number of carbonyl (C=O) groups excluding carboxylic acids is 1. The Bertz CT molecular complexity index is 917. The third-order valence-electron chi connectivity index (χ3n) is 4.63. The third-order valence-corrected chi connectivity index (χ3v) is 8.55. The molecule has 9 heteroatoms. The zero-order chi connectivity index (χ0) is 20.9. The van der Waals surface area contributed by atoms with Crippen molar-refractivity contribution < 1.29 is 17.9 Å². The zero-order valence-corrected chi connectivity index (χ0v) is 19.0. The monoisotopic (exact) mass is 454 g/mol. The molecule has 0 aliphatic carbocycles. The molecule has 1 saturated heterocycles. The van der Waals surface area contributed by atoms with Crippen molar-refractivity contribution in [3.63, 3.8) is 0 Å². The summed E-state index contributed by atoms with van der Waals surface area (Å²) in [6.07, 6.45) is 0. The van der Waals surface area contributed by atoms with E-state index in [1.54, 1.807) is 17.1 Å². The molecule has 1 aliphatic rings. The van der Waals surface area contributed by atoms with Gasteiger partial charge in [-0.05, 0) is 35.1 Å². The number of hydrogen-bond acceptors (Lipinski definition) is 6. The molecule has 0 spiro atoms. The number of rotatable bonds is 8. The molecule has 0 saturated carbocycles. The quantitative estimate of drug-likeness (QED) is 0.619. The first-order valence-corrected chi connectivity index (χ1v) is 13.0. The normalized spacial score (nSPS) is 15.4. The van der Waals surface area contributed by atoms with Crippen molar-refractivity contribution in [2.75, 3.05) is 37.7 Å². The second-order valence-corrected chi connectivity index (χ2v) is 11.0. The lowest BCUT2D eigenvalue weighted by atomic mass is 10.0. The van der Waals surface area contributed by atoms with Gasteiger partial charge in [-0.25, -0.2) is 8.42 Å². The van der Waals surface area contributed by atoms with Gasteiger partial charge in [0.15, 0.2) is 0 Å². The number of nitrogens with zero attached hydrogens (tertiary/aromatic N) is 1. The fraction of sp³-hybridized carbons (Fsp3) is 0.450. The van der Waals surface area contributed by atoms with E-state index >= 15 is 0 Å². The van der Waals surface area contributed by atoms with Gasteiger partial charge in [-0.3, -0.25) is 4.79 Å². The predicted molar refractivity (Wildman–Crippen MR) is 119 cm³/mol. The van der Waals surface area contributed by atoms with E-state index < -0.39 is 10.0 Å². The first kappa shape index (κ1) is 22.1. The summed E-state index contributed by atoms with van der Waals surface area (Å²) in [6.45, 7) is 5.83. The number of thioether (sulfide) groups is 1. The summed E-state index contributed by atoms with van der Waals surface area (Å²) in [5.74, 6) is 2.37. The van der Waals surface area contributed by atoms with Gasteiger partial charge in [0.1, 0.15) is 22.1 Å². The Morgan fingerprint density at radius 2 is 1.86 bits per heavy atom. The van der Waals surface area contributed by atoms with Gasteiger partial charge in [-0.15, -0.1) is 11.3 Å². The molecule has 0 atom stereocenters. The van der Waals surface area contributed by atoms with E-state index in [2.05, 4.69) is 19.2 Å². The lowest BCUT2D eigenvalue weighted by molar-refractivity contribution is 0.0948. The minimum atomic E-state index is -3.64. The molecule has 0 bridgehead atoms. The highest BCUT2D eigenvalue weighted by Crippen LogP contribution is 2.27. The number of nitrogens with one attached hydrogen (secondary N) is 1. The summed E-state index contributed by atoms with van der Waals surface area (Å²) in [4.78, 5) is 12.9. The number of carbonyl (C=O) groups is 1. The van der Waals surface area contributed by atoms with Crippen LogP contribution in [0, 0.1) is 0 Å². The topological polar surface area (TPSA) is 75.7 Å². The number of benzene rings is 1. The van der Waals surface area contributed by atoms with E-state index in [1.807, 2.05) is 24.3 Å². The summed E-state index contributed by atoms with van der Waals surface area (Å²) in [7, 11) is -3.64. The van der Waals surface area contributed by atoms with E-state index in [9.17, 15) is 13.2 Å². The highest BCUT2D eigenvalue weighted by Gasteiger charge is 2.31. The lowest BCUT2D eigenvalue weighted by Gasteiger charge is -2.25. The maximum Gasteiger partial charge on any atom is 0.262 e. The average Bonchev–Trinajstić information content (AvgIpc) is 3.23. The second-order valence-electron chi connectivity index (χ2n) is 6.96. The van der Waals surface area contributed by atoms with E-state index in [-0.39, 0.29) is 15.7 Å². The van der Waals surface area contributed by atoms with Crippen LogP contribution >= 0.6 is 23.1 Å². The highest BCUT2D eigenvalue weighted by molar-refractivity contribution is 7.99. The molecular formula is C20H26N2O4S3. The molecular weight excluding hydrogens is 428 g/mol. The van der Waals surface area contributed by atoms with Crippen molar-refractivity contribution in [2.24, 2.45) is 0 Å². The predicted octanol–water partition coefficient (Wildman–Crippen LogP) is 3.42. The Morgan fingerprint density at radius 1 is 1.17 bits per heavy atom. The van der Waals surface area contributed by atoms with Crippen molar-refractivity contribution in [2.45, 2.75) is 24.7 Å². The first-order chi connectivity index (χ1) is 13.9. The number of ether oxygens (including phenoxy) is 1. The van der Waals surface area contributed by atoms with Crippen molar-refractivity contribution >= 4 is 39.0 Å². The standard InChI is InChI=1S/C20H26N2O4S3/c1-15(2)16-3-5-17(6-4-16)26-11-8-21-20(23)19-18(7-12-28-19)29(24,25)22-9-13-27-14-10-22/h3-7,12,15H,8-11,13-14H2,1-2H3,(H,21,23). The van der Waals surface area contributed by atoms with E-state index in [1.165, 1.54) is 15.9 Å².